The summed E-state index contributed by atoms with van der Waals surface area (Å²) in [7, 11) is 3.50. The lowest BCUT2D eigenvalue weighted by molar-refractivity contribution is 0.0857. The molecule has 1 amide bonds. The Morgan fingerprint density at radius 3 is 2.50 bits per heavy atom. The van der Waals surface area contributed by atoms with Gasteiger partial charge in [0.05, 0.1) is 0 Å². The molecule has 0 fully saturated rings. The minimum absolute atomic E-state index is 0.160. The Hall–Kier alpha value is -1.83. The molecule has 4 nitrogen and oxygen atoms in total. The molecule has 4 heteroatoms. The summed E-state index contributed by atoms with van der Waals surface area (Å²) in [6.45, 7) is -0.164. The molecule has 0 saturated carbocycles. The van der Waals surface area contributed by atoms with Crippen LogP contribution in [0.1, 0.15) is 15.9 Å². The summed E-state index contributed by atoms with van der Waals surface area (Å²) in [5.74, 6) is 5.14. The predicted octanol–water partition coefficient (Wildman–Crippen LogP) is 0.237. The van der Waals surface area contributed by atoms with Gasteiger partial charge in [0, 0.05) is 25.2 Å². The zero-order chi connectivity index (χ0) is 12.0. The Morgan fingerprint density at radius 1 is 1.38 bits per heavy atom. The maximum atomic E-state index is 11.6. The highest BCUT2D eigenvalue weighted by molar-refractivity contribution is 5.93. The average Bonchev–Trinajstić information content (AvgIpc) is 2.26. The van der Waals surface area contributed by atoms with E-state index in [1.54, 1.807) is 43.4 Å². The Kier molecular flexibility index (Phi) is 4.52. The fourth-order valence-corrected chi connectivity index (χ4v) is 1.11. The number of hydrazine groups is 1. The molecule has 2 N–H and O–H groups in total. The molecular weight excluding hydrogens is 204 g/mol. The second-order valence-electron chi connectivity index (χ2n) is 3.37. The molecule has 0 aliphatic heterocycles. The van der Waals surface area contributed by atoms with Crippen molar-refractivity contribution in [1.29, 1.82) is 0 Å². The Morgan fingerprint density at radius 2 is 2.00 bits per heavy atom. The highest BCUT2D eigenvalue weighted by Gasteiger charge is 2.04. The molecule has 1 aromatic rings. The van der Waals surface area contributed by atoms with E-state index in [2.05, 4.69) is 17.3 Å². The molecule has 0 bridgehead atoms. The van der Waals surface area contributed by atoms with Crippen molar-refractivity contribution >= 4 is 5.91 Å². The second kappa shape index (κ2) is 5.91. The lowest BCUT2D eigenvalue weighted by Crippen LogP contribution is -2.36. The summed E-state index contributed by atoms with van der Waals surface area (Å²) in [4.78, 5) is 11.6. The highest BCUT2D eigenvalue weighted by Crippen LogP contribution is 2.03. The fourth-order valence-electron chi connectivity index (χ4n) is 1.11. The number of hydrogen-bond donors (Lipinski definition) is 2. The molecule has 0 radical (unpaired) electrons. The van der Waals surface area contributed by atoms with Crippen LogP contribution in [0.3, 0.4) is 0 Å². The SMILES string of the molecule is CN(C)NC(=O)c1ccc(C#CCO)cc1. The highest BCUT2D eigenvalue weighted by atomic mass is 16.2. The van der Waals surface area contributed by atoms with Crippen LogP contribution >= 0.6 is 0 Å². The van der Waals surface area contributed by atoms with Crippen LogP contribution in [0.15, 0.2) is 24.3 Å². The van der Waals surface area contributed by atoms with E-state index >= 15 is 0 Å². The van der Waals surface area contributed by atoms with Crippen LogP contribution in [0.2, 0.25) is 0 Å². The third kappa shape index (κ3) is 3.73. The summed E-state index contributed by atoms with van der Waals surface area (Å²) in [6, 6.07) is 6.88. The molecule has 0 spiro atoms. The van der Waals surface area contributed by atoms with E-state index in [1.165, 1.54) is 0 Å². The second-order valence-corrected chi connectivity index (χ2v) is 3.37. The van der Waals surface area contributed by atoms with Crippen molar-refractivity contribution in [3.8, 4) is 11.8 Å². The van der Waals surface area contributed by atoms with E-state index in [0.717, 1.165) is 5.56 Å². The van der Waals surface area contributed by atoms with Crippen LogP contribution < -0.4 is 5.43 Å². The number of nitrogens with zero attached hydrogens (tertiary/aromatic N) is 1. The topological polar surface area (TPSA) is 52.6 Å². The number of rotatable bonds is 2. The van der Waals surface area contributed by atoms with Crippen LogP contribution in [0.25, 0.3) is 0 Å². The van der Waals surface area contributed by atoms with E-state index < -0.39 is 0 Å². The zero-order valence-corrected chi connectivity index (χ0v) is 9.32. The smallest absolute Gasteiger partial charge is 0.265 e. The van der Waals surface area contributed by atoms with Gasteiger partial charge in [-0.3, -0.25) is 10.2 Å². The summed E-state index contributed by atoms with van der Waals surface area (Å²) in [6.07, 6.45) is 0. The Bertz CT molecular complexity index is 413. The first-order valence-electron chi connectivity index (χ1n) is 4.81. The maximum Gasteiger partial charge on any atom is 0.265 e. The van der Waals surface area contributed by atoms with Gasteiger partial charge in [-0.25, -0.2) is 5.01 Å². The van der Waals surface area contributed by atoms with Gasteiger partial charge in [-0.05, 0) is 24.3 Å². The van der Waals surface area contributed by atoms with Gasteiger partial charge in [-0.2, -0.15) is 0 Å². The van der Waals surface area contributed by atoms with Crippen molar-refractivity contribution < 1.29 is 9.90 Å². The minimum Gasteiger partial charge on any atom is -0.384 e. The first-order chi connectivity index (χ1) is 7.63. The molecule has 0 saturated heterocycles. The molecular formula is C12H14N2O2. The van der Waals surface area contributed by atoms with Crippen molar-refractivity contribution in [3.63, 3.8) is 0 Å². The number of aliphatic hydroxyl groups excluding tert-OH is 1. The lowest BCUT2D eigenvalue weighted by atomic mass is 10.1. The van der Waals surface area contributed by atoms with E-state index in [4.69, 9.17) is 5.11 Å². The van der Waals surface area contributed by atoms with Crippen LogP contribution in [-0.2, 0) is 0 Å². The van der Waals surface area contributed by atoms with Gasteiger partial charge < -0.3 is 5.11 Å². The van der Waals surface area contributed by atoms with Crippen molar-refractivity contribution in [2.75, 3.05) is 20.7 Å². The molecule has 0 aliphatic rings. The Labute approximate surface area is 94.9 Å². The quantitative estimate of drug-likeness (QED) is 0.552. The van der Waals surface area contributed by atoms with Crippen molar-refractivity contribution in [2.24, 2.45) is 0 Å². The fraction of sp³-hybridized carbons (Fsp3) is 0.250. The summed E-state index contributed by atoms with van der Waals surface area (Å²) >= 11 is 0. The van der Waals surface area contributed by atoms with Gasteiger partial charge in [-0.15, -0.1) is 0 Å². The molecule has 16 heavy (non-hydrogen) atoms. The van der Waals surface area contributed by atoms with E-state index in [1.807, 2.05) is 0 Å². The van der Waals surface area contributed by atoms with Crippen LogP contribution in [0.5, 0.6) is 0 Å². The first kappa shape index (κ1) is 12.2. The van der Waals surface area contributed by atoms with Gasteiger partial charge in [0.15, 0.2) is 0 Å². The molecule has 0 atom stereocenters. The standard InChI is InChI=1S/C12H14N2O2/c1-14(2)13-12(16)11-7-5-10(6-8-11)4-3-9-15/h5-8,15H,9H2,1-2H3,(H,13,16). The van der Waals surface area contributed by atoms with Crippen LogP contribution in [0.4, 0.5) is 0 Å². The Balaban J connectivity index is 2.74. The van der Waals surface area contributed by atoms with Gasteiger partial charge in [0.2, 0.25) is 0 Å². The number of nitrogens with one attached hydrogen (secondary N) is 1. The molecule has 1 rings (SSSR count). The molecule has 0 heterocycles. The number of carbonyl (C=O) groups is 1. The largest absolute Gasteiger partial charge is 0.384 e. The van der Waals surface area contributed by atoms with Gasteiger partial charge >= 0.3 is 0 Å². The third-order valence-electron chi connectivity index (χ3n) is 1.78. The van der Waals surface area contributed by atoms with Crippen molar-refractivity contribution in [2.45, 2.75) is 0 Å². The molecule has 0 aliphatic carbocycles. The average molecular weight is 218 g/mol. The van der Waals surface area contributed by atoms with Crippen molar-refractivity contribution in [3.05, 3.63) is 35.4 Å². The minimum atomic E-state index is -0.164. The number of hydrogen-bond acceptors (Lipinski definition) is 3. The number of benzene rings is 1. The summed E-state index contributed by atoms with van der Waals surface area (Å²) < 4.78 is 0. The number of amides is 1. The van der Waals surface area contributed by atoms with Crippen molar-refractivity contribution in [1.82, 2.24) is 10.4 Å². The normalized spacial score (nSPS) is 9.50. The molecule has 1 aromatic carbocycles. The number of aliphatic hydroxyl groups is 1. The van der Waals surface area contributed by atoms with E-state index in [0.29, 0.717) is 5.56 Å². The third-order valence-corrected chi connectivity index (χ3v) is 1.78. The zero-order valence-electron chi connectivity index (χ0n) is 9.32. The lowest BCUT2D eigenvalue weighted by Gasteiger charge is -2.11. The van der Waals surface area contributed by atoms with E-state index in [9.17, 15) is 4.79 Å². The summed E-state index contributed by atoms with van der Waals surface area (Å²) in [5, 5.41) is 10.1. The predicted molar refractivity (Wildman–Crippen MR) is 61.6 cm³/mol. The van der Waals surface area contributed by atoms with Gasteiger partial charge in [0.1, 0.15) is 6.61 Å². The van der Waals surface area contributed by atoms with E-state index in [-0.39, 0.29) is 12.5 Å². The van der Waals surface area contributed by atoms with Gasteiger partial charge in [-0.1, -0.05) is 11.8 Å². The van der Waals surface area contributed by atoms with Crippen LogP contribution in [-0.4, -0.2) is 36.7 Å². The van der Waals surface area contributed by atoms with Crippen LogP contribution in [0, 0.1) is 11.8 Å². The molecule has 0 aromatic heterocycles. The molecule has 0 unspecified atom stereocenters. The maximum absolute atomic E-state index is 11.6. The number of carbonyl (C=O) groups excluding carboxylic acids is 1. The first-order valence-corrected chi connectivity index (χ1v) is 4.81. The van der Waals surface area contributed by atoms with Gasteiger partial charge in [0.25, 0.3) is 5.91 Å². The molecule has 84 valence electrons. The monoisotopic (exact) mass is 218 g/mol. The summed E-state index contributed by atoms with van der Waals surface area (Å²) in [5.41, 5.74) is 3.99.